The molecule has 0 aliphatic heterocycles. The van der Waals surface area contributed by atoms with Crippen molar-refractivity contribution in [1.82, 2.24) is 15.3 Å². The minimum absolute atomic E-state index is 0.110. The molecule has 2 aromatic rings. The number of allylic oxidation sites excluding steroid dienone is 1. The Morgan fingerprint density at radius 2 is 1.89 bits per heavy atom. The lowest BCUT2D eigenvalue weighted by Crippen LogP contribution is -2.40. The van der Waals surface area contributed by atoms with Gasteiger partial charge in [0.25, 0.3) is 5.91 Å². The maximum atomic E-state index is 13.0. The lowest BCUT2D eigenvalue weighted by atomic mass is 9.99. The van der Waals surface area contributed by atoms with E-state index in [1.807, 2.05) is 12.0 Å². The van der Waals surface area contributed by atoms with Gasteiger partial charge in [-0.1, -0.05) is 29.3 Å². The molecule has 1 aliphatic carbocycles. The molecule has 1 aromatic heterocycles. The molecule has 3 rings (SSSR count). The molecule has 1 heterocycles. The van der Waals surface area contributed by atoms with Crippen LogP contribution in [0.15, 0.2) is 35.6 Å². The van der Waals surface area contributed by atoms with Crippen LogP contribution >= 0.6 is 23.2 Å². The predicted octanol–water partition coefficient (Wildman–Crippen LogP) is 4.01. The topological polar surface area (TPSA) is 118 Å². The van der Waals surface area contributed by atoms with Gasteiger partial charge < -0.3 is 20.1 Å². The number of rotatable bonds is 6. The standard InChI is InChI=1S/C23H22Cl2N6O4/c1-5-19(32)29-14-9-7-6-8-13(14)28-17-11-18(27-12-26-17)31(2)23(33)30-22-20(24)15(34-3)10-16(35-4)21(22)25/h1,6,8,10-12,14H,7,9H2,2-4H3,(H,29,32)(H,30,33). The van der Waals surface area contributed by atoms with E-state index in [1.165, 1.54) is 44.6 Å². The third kappa shape index (κ3) is 6.01. The number of amides is 3. The molecule has 0 spiro atoms. The lowest BCUT2D eigenvalue weighted by Gasteiger charge is -2.21. The van der Waals surface area contributed by atoms with Crippen LogP contribution in [0.5, 0.6) is 11.5 Å². The summed E-state index contributed by atoms with van der Waals surface area (Å²) in [7, 11) is 4.37. The zero-order chi connectivity index (χ0) is 25.5. The van der Waals surface area contributed by atoms with E-state index < -0.39 is 11.9 Å². The van der Waals surface area contributed by atoms with Crippen LogP contribution in [0, 0.1) is 12.3 Å². The number of halogens is 2. The Morgan fingerprint density at radius 1 is 1.20 bits per heavy atom. The molecule has 1 aliphatic rings. The lowest BCUT2D eigenvalue weighted by molar-refractivity contribution is -0.116. The normalized spacial score (nSPS) is 15.8. The highest BCUT2D eigenvalue weighted by atomic mass is 35.5. The smallest absolute Gasteiger partial charge is 0.327 e. The highest BCUT2D eigenvalue weighted by molar-refractivity contribution is 6.41. The van der Waals surface area contributed by atoms with Gasteiger partial charge in [0.1, 0.15) is 33.7 Å². The van der Waals surface area contributed by atoms with Crippen LogP contribution in [-0.2, 0) is 4.79 Å². The number of ether oxygens (including phenoxy) is 2. The van der Waals surface area contributed by atoms with E-state index in [2.05, 4.69) is 25.6 Å². The van der Waals surface area contributed by atoms with Crippen molar-refractivity contribution in [2.75, 3.05) is 31.5 Å². The largest absolute Gasteiger partial charge is 0.495 e. The SMILES string of the molecule is C#CC(=O)NC1CCC=CC1=Nc1cc(N(C)C(=O)Nc2c(Cl)c(OC)cc(OC)c2Cl)ncn1. The number of carbonyl (C=O) groups excluding carboxylic acids is 2. The van der Waals surface area contributed by atoms with Crippen LogP contribution in [0.1, 0.15) is 12.8 Å². The van der Waals surface area contributed by atoms with Gasteiger partial charge in [-0.2, -0.15) is 0 Å². The Labute approximate surface area is 212 Å². The molecule has 0 saturated carbocycles. The van der Waals surface area contributed by atoms with Gasteiger partial charge in [0, 0.05) is 19.2 Å². The van der Waals surface area contributed by atoms with Crippen molar-refractivity contribution in [1.29, 1.82) is 0 Å². The van der Waals surface area contributed by atoms with Gasteiger partial charge in [-0.25, -0.2) is 19.8 Å². The second kappa shape index (κ2) is 11.6. The summed E-state index contributed by atoms with van der Waals surface area (Å²) in [5.41, 5.74) is 0.703. The van der Waals surface area contributed by atoms with Gasteiger partial charge in [-0.3, -0.25) is 9.69 Å². The molecule has 0 saturated heterocycles. The van der Waals surface area contributed by atoms with Gasteiger partial charge in [-0.15, -0.1) is 6.42 Å². The fourth-order valence-corrected chi connectivity index (χ4v) is 3.79. The molecule has 1 aromatic carbocycles. The molecule has 10 nitrogen and oxygen atoms in total. The highest BCUT2D eigenvalue weighted by Crippen LogP contribution is 2.44. The van der Waals surface area contributed by atoms with Crippen molar-refractivity contribution in [3.05, 3.63) is 40.7 Å². The summed E-state index contributed by atoms with van der Waals surface area (Å²) in [6, 6.07) is 2.09. The molecular weight excluding hydrogens is 495 g/mol. The van der Waals surface area contributed by atoms with Gasteiger partial charge in [0.2, 0.25) is 0 Å². The van der Waals surface area contributed by atoms with E-state index in [1.54, 1.807) is 6.08 Å². The summed E-state index contributed by atoms with van der Waals surface area (Å²) in [5, 5.41) is 5.60. The predicted molar refractivity (Wildman–Crippen MR) is 135 cm³/mol. The van der Waals surface area contributed by atoms with Crippen LogP contribution in [0.4, 0.5) is 22.1 Å². The van der Waals surface area contributed by atoms with Crippen LogP contribution in [0.3, 0.4) is 0 Å². The van der Waals surface area contributed by atoms with Crippen LogP contribution in [0.25, 0.3) is 0 Å². The van der Waals surface area contributed by atoms with Crippen LogP contribution in [-0.4, -0.2) is 54.9 Å². The quantitative estimate of drug-likeness (QED) is 0.560. The first-order chi connectivity index (χ1) is 16.8. The minimum atomic E-state index is -0.585. The van der Waals surface area contributed by atoms with Crippen LogP contribution in [0.2, 0.25) is 10.0 Å². The maximum absolute atomic E-state index is 13.0. The summed E-state index contributed by atoms with van der Waals surface area (Å²) in [5.74, 6) is 2.60. The number of anilines is 2. The molecule has 1 atom stereocenters. The fourth-order valence-electron chi connectivity index (χ4n) is 3.20. The summed E-state index contributed by atoms with van der Waals surface area (Å²) >= 11 is 12.7. The molecule has 0 radical (unpaired) electrons. The molecule has 0 bridgehead atoms. The zero-order valence-corrected chi connectivity index (χ0v) is 20.6. The number of hydrogen-bond acceptors (Lipinski definition) is 7. The van der Waals surface area contributed by atoms with Crippen molar-refractivity contribution in [2.45, 2.75) is 18.9 Å². The molecular formula is C23H22Cl2N6O4. The third-order valence-corrected chi connectivity index (χ3v) is 5.79. The molecule has 35 heavy (non-hydrogen) atoms. The van der Waals surface area contributed by atoms with Gasteiger partial charge in [0.05, 0.1) is 31.7 Å². The van der Waals surface area contributed by atoms with Crippen molar-refractivity contribution >= 4 is 58.2 Å². The van der Waals surface area contributed by atoms with E-state index in [9.17, 15) is 9.59 Å². The zero-order valence-electron chi connectivity index (χ0n) is 19.1. The number of aliphatic imine (C=N–C) groups is 1. The van der Waals surface area contributed by atoms with E-state index in [4.69, 9.17) is 39.1 Å². The van der Waals surface area contributed by atoms with Gasteiger partial charge in [0.15, 0.2) is 5.82 Å². The first kappa shape index (κ1) is 25.8. The monoisotopic (exact) mass is 516 g/mol. The Kier molecular flexibility index (Phi) is 8.52. The molecule has 12 heteroatoms. The van der Waals surface area contributed by atoms with Crippen molar-refractivity contribution in [3.8, 4) is 23.8 Å². The summed E-state index contributed by atoms with van der Waals surface area (Å²) in [6.45, 7) is 0. The molecule has 1 unspecified atom stereocenters. The first-order valence-electron chi connectivity index (χ1n) is 10.3. The number of carbonyl (C=O) groups is 2. The number of terminal acetylenes is 1. The number of nitrogens with one attached hydrogen (secondary N) is 2. The number of methoxy groups -OCH3 is 2. The average Bonchev–Trinajstić information content (AvgIpc) is 2.87. The molecule has 2 N–H and O–H groups in total. The summed E-state index contributed by atoms with van der Waals surface area (Å²) < 4.78 is 10.4. The van der Waals surface area contributed by atoms with Crippen LogP contribution < -0.4 is 25.0 Å². The summed E-state index contributed by atoms with van der Waals surface area (Å²) in [6.07, 6.45) is 11.6. The van der Waals surface area contributed by atoms with Crippen molar-refractivity contribution in [2.24, 2.45) is 4.99 Å². The Bertz CT molecular complexity index is 1210. The second-order valence-electron chi connectivity index (χ2n) is 7.19. The number of benzene rings is 1. The van der Waals surface area contributed by atoms with Crippen molar-refractivity contribution in [3.63, 3.8) is 0 Å². The molecule has 182 valence electrons. The molecule has 3 amide bonds. The van der Waals surface area contributed by atoms with E-state index in [-0.39, 0.29) is 44.9 Å². The maximum Gasteiger partial charge on any atom is 0.327 e. The highest BCUT2D eigenvalue weighted by Gasteiger charge is 2.22. The number of nitrogens with zero attached hydrogens (tertiary/aromatic N) is 4. The number of urea groups is 1. The Balaban J connectivity index is 1.85. The Hall–Kier alpha value is -3.81. The average molecular weight is 517 g/mol. The fraction of sp³-hybridized carbons (Fsp3) is 0.261. The Morgan fingerprint density at radius 3 is 2.51 bits per heavy atom. The third-order valence-electron chi connectivity index (χ3n) is 5.04. The first-order valence-corrected chi connectivity index (χ1v) is 11.0. The second-order valence-corrected chi connectivity index (χ2v) is 7.95. The minimum Gasteiger partial charge on any atom is -0.495 e. The number of aromatic nitrogens is 2. The van der Waals surface area contributed by atoms with E-state index >= 15 is 0 Å². The summed E-state index contributed by atoms with van der Waals surface area (Å²) in [4.78, 5) is 38.6. The van der Waals surface area contributed by atoms with E-state index in [0.717, 1.165) is 6.42 Å². The number of hydrogen-bond donors (Lipinski definition) is 2. The molecule has 0 fully saturated rings. The van der Waals surface area contributed by atoms with Gasteiger partial charge in [-0.05, 0) is 24.8 Å². The van der Waals surface area contributed by atoms with E-state index in [0.29, 0.717) is 12.1 Å². The van der Waals surface area contributed by atoms with Crippen molar-refractivity contribution < 1.29 is 19.1 Å². The van der Waals surface area contributed by atoms with Gasteiger partial charge >= 0.3 is 6.03 Å².